The van der Waals surface area contributed by atoms with Gasteiger partial charge in [-0.25, -0.2) is 4.52 Å². The number of aliphatic hydroxyl groups excluding tert-OH is 1. The number of rotatable bonds is 3. The number of nitriles is 1. The van der Waals surface area contributed by atoms with Crippen LogP contribution in [0.1, 0.15) is 31.2 Å². The van der Waals surface area contributed by atoms with Gasteiger partial charge in [-0.15, -0.1) is 0 Å². The molecule has 0 amide bonds. The summed E-state index contributed by atoms with van der Waals surface area (Å²) in [6.07, 6.45) is 6.76. The summed E-state index contributed by atoms with van der Waals surface area (Å²) >= 11 is 3.57. The summed E-state index contributed by atoms with van der Waals surface area (Å²) in [7, 11) is 0. The molecule has 0 radical (unpaired) electrons. The molecule has 132 valence electrons. The number of aromatic nitrogens is 3. The zero-order valence-corrected chi connectivity index (χ0v) is 15.6. The Kier molecular flexibility index (Phi) is 4.62. The smallest absolute Gasteiger partial charge is 0.101 e. The normalized spacial score (nSPS) is 20.0. The van der Waals surface area contributed by atoms with Gasteiger partial charge < -0.3 is 10.4 Å². The predicted molar refractivity (Wildman–Crippen MR) is 103 cm³/mol. The predicted octanol–water partition coefficient (Wildman–Crippen LogP) is 3.75. The van der Waals surface area contributed by atoms with Gasteiger partial charge in [-0.05, 0) is 65.9 Å². The molecule has 0 bridgehead atoms. The van der Waals surface area contributed by atoms with Crippen molar-refractivity contribution in [1.29, 1.82) is 5.26 Å². The van der Waals surface area contributed by atoms with Crippen LogP contribution in [-0.4, -0.2) is 31.9 Å². The Morgan fingerprint density at radius 3 is 2.77 bits per heavy atom. The summed E-state index contributed by atoms with van der Waals surface area (Å²) < 4.78 is 2.70. The number of anilines is 1. The number of aliphatic hydroxyl groups is 1. The summed E-state index contributed by atoms with van der Waals surface area (Å²) in [5, 5.41) is 26.6. The molecule has 2 N–H and O–H groups in total. The van der Waals surface area contributed by atoms with Gasteiger partial charge in [-0.1, -0.05) is 0 Å². The molecular formula is C19H18BrN5O. The minimum Gasteiger partial charge on any atom is -0.393 e. The monoisotopic (exact) mass is 411 g/mol. The highest BCUT2D eigenvalue weighted by Gasteiger charge is 2.20. The van der Waals surface area contributed by atoms with Crippen molar-refractivity contribution in [3.8, 4) is 17.5 Å². The lowest BCUT2D eigenvalue weighted by atomic mass is 9.93. The van der Waals surface area contributed by atoms with Crippen molar-refractivity contribution in [3.63, 3.8) is 0 Å². The molecule has 3 aromatic heterocycles. The largest absolute Gasteiger partial charge is 0.393 e. The van der Waals surface area contributed by atoms with Crippen LogP contribution in [0.15, 0.2) is 41.1 Å². The minimum absolute atomic E-state index is 0.166. The Balaban J connectivity index is 1.65. The van der Waals surface area contributed by atoms with E-state index < -0.39 is 0 Å². The summed E-state index contributed by atoms with van der Waals surface area (Å²) in [5.41, 5.74) is 4.06. The molecule has 1 aliphatic carbocycles. The van der Waals surface area contributed by atoms with Crippen LogP contribution in [0.25, 0.3) is 16.9 Å². The van der Waals surface area contributed by atoms with Crippen molar-refractivity contribution in [1.82, 2.24) is 14.6 Å². The molecule has 0 spiro atoms. The Bertz CT molecular complexity index is 985. The van der Waals surface area contributed by atoms with E-state index in [1.165, 1.54) is 0 Å². The molecule has 1 fully saturated rings. The maximum Gasteiger partial charge on any atom is 0.101 e. The first-order valence-corrected chi connectivity index (χ1v) is 9.42. The van der Waals surface area contributed by atoms with Crippen molar-refractivity contribution < 1.29 is 5.11 Å². The number of halogens is 1. The standard InChI is InChI=1S/C19H18BrN5O/c20-16-11-22-18(8-17(16)24-13-1-4-15(26)5-2-13)19-6-3-14-7-12(9-21)10-23-25(14)19/h3,6-8,10-11,13,15,26H,1-2,4-5H2,(H,22,24). The lowest BCUT2D eigenvalue weighted by Gasteiger charge is -2.27. The number of pyridine rings is 1. The van der Waals surface area contributed by atoms with E-state index in [0.717, 1.165) is 52.7 Å². The van der Waals surface area contributed by atoms with E-state index in [-0.39, 0.29) is 6.10 Å². The Hall–Kier alpha value is -2.43. The van der Waals surface area contributed by atoms with E-state index in [1.807, 2.05) is 24.3 Å². The average Bonchev–Trinajstić information content (AvgIpc) is 3.08. The lowest BCUT2D eigenvalue weighted by Crippen LogP contribution is -2.28. The number of hydrogen-bond donors (Lipinski definition) is 2. The highest BCUT2D eigenvalue weighted by atomic mass is 79.9. The van der Waals surface area contributed by atoms with Gasteiger partial charge in [-0.3, -0.25) is 4.98 Å². The summed E-state index contributed by atoms with van der Waals surface area (Å²) in [4.78, 5) is 4.53. The fraction of sp³-hybridized carbons (Fsp3) is 0.316. The first-order valence-electron chi connectivity index (χ1n) is 8.62. The van der Waals surface area contributed by atoms with Gasteiger partial charge in [0.25, 0.3) is 0 Å². The Morgan fingerprint density at radius 1 is 1.19 bits per heavy atom. The van der Waals surface area contributed by atoms with E-state index in [2.05, 4.69) is 37.4 Å². The molecule has 0 atom stereocenters. The Labute approximate surface area is 159 Å². The maximum absolute atomic E-state index is 9.68. The third-order valence-electron chi connectivity index (χ3n) is 4.80. The topological polar surface area (TPSA) is 86.2 Å². The van der Waals surface area contributed by atoms with Crippen LogP contribution in [0.2, 0.25) is 0 Å². The average molecular weight is 412 g/mol. The van der Waals surface area contributed by atoms with Crippen molar-refractivity contribution in [3.05, 3.63) is 46.7 Å². The molecule has 0 aliphatic heterocycles. The van der Waals surface area contributed by atoms with Crippen LogP contribution >= 0.6 is 15.9 Å². The molecule has 4 rings (SSSR count). The van der Waals surface area contributed by atoms with Gasteiger partial charge in [0.15, 0.2) is 0 Å². The summed E-state index contributed by atoms with van der Waals surface area (Å²) in [6.45, 7) is 0. The molecule has 3 aromatic rings. The molecule has 1 aliphatic rings. The molecule has 0 aromatic carbocycles. The third kappa shape index (κ3) is 3.30. The van der Waals surface area contributed by atoms with Crippen LogP contribution in [0.5, 0.6) is 0 Å². The second-order valence-corrected chi connectivity index (χ2v) is 7.46. The molecule has 3 heterocycles. The van der Waals surface area contributed by atoms with Crippen LogP contribution in [0.4, 0.5) is 5.69 Å². The molecule has 6 nitrogen and oxygen atoms in total. The summed E-state index contributed by atoms with van der Waals surface area (Å²) in [6, 6.07) is 10.2. The number of nitrogens with one attached hydrogen (secondary N) is 1. The van der Waals surface area contributed by atoms with Gasteiger partial charge in [-0.2, -0.15) is 10.4 Å². The quantitative estimate of drug-likeness (QED) is 0.685. The highest BCUT2D eigenvalue weighted by Crippen LogP contribution is 2.30. The molecule has 1 saturated carbocycles. The first kappa shape index (κ1) is 17.0. The van der Waals surface area contributed by atoms with E-state index >= 15 is 0 Å². The van der Waals surface area contributed by atoms with Crippen LogP contribution in [0.3, 0.4) is 0 Å². The lowest BCUT2D eigenvalue weighted by molar-refractivity contribution is 0.126. The first-order chi connectivity index (χ1) is 12.6. The van der Waals surface area contributed by atoms with Crippen molar-refractivity contribution in [2.75, 3.05) is 5.32 Å². The van der Waals surface area contributed by atoms with Crippen molar-refractivity contribution in [2.45, 2.75) is 37.8 Å². The molecular weight excluding hydrogens is 394 g/mol. The highest BCUT2D eigenvalue weighted by molar-refractivity contribution is 9.10. The van der Waals surface area contributed by atoms with E-state index in [9.17, 15) is 5.11 Å². The molecule has 7 heteroatoms. The van der Waals surface area contributed by atoms with Gasteiger partial charge in [0.05, 0.1) is 44.9 Å². The van der Waals surface area contributed by atoms with Gasteiger partial charge in [0, 0.05) is 12.2 Å². The van der Waals surface area contributed by atoms with Crippen LogP contribution < -0.4 is 5.32 Å². The second kappa shape index (κ2) is 7.06. The fourth-order valence-electron chi connectivity index (χ4n) is 3.38. The van der Waals surface area contributed by atoms with E-state index in [0.29, 0.717) is 11.6 Å². The zero-order valence-electron chi connectivity index (χ0n) is 14.1. The second-order valence-electron chi connectivity index (χ2n) is 6.61. The number of nitrogens with zero attached hydrogens (tertiary/aromatic N) is 4. The Morgan fingerprint density at radius 2 is 2.00 bits per heavy atom. The third-order valence-corrected chi connectivity index (χ3v) is 5.44. The van der Waals surface area contributed by atoms with Crippen molar-refractivity contribution >= 4 is 27.1 Å². The van der Waals surface area contributed by atoms with Gasteiger partial charge >= 0.3 is 0 Å². The van der Waals surface area contributed by atoms with Crippen molar-refractivity contribution in [2.24, 2.45) is 0 Å². The number of hydrogen-bond acceptors (Lipinski definition) is 5. The molecule has 0 unspecified atom stereocenters. The van der Waals surface area contributed by atoms with Gasteiger partial charge in [0.2, 0.25) is 0 Å². The number of fused-ring (bicyclic) bond motifs is 1. The van der Waals surface area contributed by atoms with Crippen LogP contribution in [0, 0.1) is 11.3 Å². The molecule has 0 saturated heterocycles. The SMILES string of the molecule is N#Cc1cnn2c(-c3cc(NC4CCC(O)CC4)c(Br)cn3)ccc2c1. The van der Waals surface area contributed by atoms with E-state index in [1.54, 1.807) is 16.9 Å². The molecule has 26 heavy (non-hydrogen) atoms. The van der Waals surface area contributed by atoms with Gasteiger partial charge in [0.1, 0.15) is 6.07 Å². The van der Waals surface area contributed by atoms with Crippen LogP contribution in [-0.2, 0) is 0 Å². The zero-order chi connectivity index (χ0) is 18.1. The summed E-state index contributed by atoms with van der Waals surface area (Å²) in [5.74, 6) is 0. The maximum atomic E-state index is 9.68. The fourth-order valence-corrected chi connectivity index (χ4v) is 3.72. The minimum atomic E-state index is -0.166. The van der Waals surface area contributed by atoms with E-state index in [4.69, 9.17) is 5.26 Å².